The minimum absolute atomic E-state index is 0.0282. The van der Waals surface area contributed by atoms with Gasteiger partial charge in [0.25, 0.3) is 5.91 Å². The Bertz CT molecular complexity index is 597. The van der Waals surface area contributed by atoms with Crippen molar-refractivity contribution in [1.29, 1.82) is 0 Å². The molecular formula is C11H11N3O5S. The van der Waals surface area contributed by atoms with E-state index in [9.17, 15) is 19.2 Å². The van der Waals surface area contributed by atoms with E-state index in [2.05, 4.69) is 5.32 Å². The first kappa shape index (κ1) is 14.0. The van der Waals surface area contributed by atoms with Gasteiger partial charge in [0.2, 0.25) is 5.91 Å². The molecule has 2 heterocycles. The molecule has 1 aromatic heterocycles. The highest BCUT2D eigenvalue weighted by atomic mass is 32.1. The van der Waals surface area contributed by atoms with Crippen molar-refractivity contribution in [1.82, 2.24) is 9.80 Å². The van der Waals surface area contributed by atoms with Crippen molar-refractivity contribution in [3.63, 3.8) is 0 Å². The fourth-order valence-corrected chi connectivity index (χ4v) is 2.50. The number of thiophene rings is 1. The van der Waals surface area contributed by atoms with Gasteiger partial charge in [0, 0.05) is 7.05 Å². The highest BCUT2D eigenvalue weighted by Crippen LogP contribution is 2.23. The number of imide groups is 1. The normalized spacial score (nSPS) is 14.8. The molecule has 4 amide bonds. The molecule has 8 nitrogen and oxygen atoms in total. The average Bonchev–Trinajstić information content (AvgIpc) is 2.90. The van der Waals surface area contributed by atoms with E-state index >= 15 is 0 Å². The number of hydrogen-bond acceptors (Lipinski definition) is 5. The topological polar surface area (TPSA) is 107 Å². The second-order valence-corrected chi connectivity index (χ2v) is 5.05. The van der Waals surface area contributed by atoms with Crippen LogP contribution in [0, 0.1) is 0 Å². The van der Waals surface area contributed by atoms with Crippen LogP contribution in [0.1, 0.15) is 10.4 Å². The highest BCUT2D eigenvalue weighted by molar-refractivity contribution is 7.14. The molecule has 0 saturated carbocycles. The van der Waals surface area contributed by atoms with Crippen molar-refractivity contribution in [2.45, 2.75) is 0 Å². The minimum atomic E-state index is -1.16. The molecule has 20 heavy (non-hydrogen) atoms. The second-order valence-electron chi connectivity index (χ2n) is 4.14. The monoisotopic (exact) mass is 297 g/mol. The van der Waals surface area contributed by atoms with Gasteiger partial charge in [-0.15, -0.1) is 11.3 Å². The highest BCUT2D eigenvalue weighted by Gasteiger charge is 2.34. The smallest absolute Gasteiger partial charge is 0.338 e. The van der Waals surface area contributed by atoms with Gasteiger partial charge in [-0.05, 0) is 11.4 Å². The molecule has 0 bridgehead atoms. The number of carbonyl (C=O) groups is 4. The Morgan fingerprint density at radius 1 is 1.45 bits per heavy atom. The Hall–Kier alpha value is -2.42. The Morgan fingerprint density at radius 2 is 2.15 bits per heavy atom. The number of nitrogens with zero attached hydrogens (tertiary/aromatic N) is 2. The number of aromatic carboxylic acids is 1. The van der Waals surface area contributed by atoms with E-state index in [1.54, 1.807) is 0 Å². The van der Waals surface area contributed by atoms with E-state index in [0.717, 1.165) is 16.2 Å². The van der Waals surface area contributed by atoms with E-state index in [4.69, 9.17) is 5.11 Å². The minimum Gasteiger partial charge on any atom is -0.478 e. The first-order valence-electron chi connectivity index (χ1n) is 5.56. The third-order valence-electron chi connectivity index (χ3n) is 2.68. The van der Waals surface area contributed by atoms with Crippen molar-refractivity contribution < 1.29 is 24.3 Å². The second kappa shape index (κ2) is 5.29. The third kappa shape index (κ3) is 2.62. The fraction of sp³-hybridized carbons (Fsp3) is 0.273. The van der Waals surface area contributed by atoms with E-state index in [1.807, 2.05) is 0 Å². The lowest BCUT2D eigenvalue weighted by Crippen LogP contribution is -2.38. The molecule has 0 aliphatic carbocycles. The van der Waals surface area contributed by atoms with Crippen molar-refractivity contribution in [2.75, 3.05) is 25.5 Å². The van der Waals surface area contributed by atoms with Crippen molar-refractivity contribution in [3.8, 4) is 0 Å². The van der Waals surface area contributed by atoms with Gasteiger partial charge < -0.3 is 15.3 Å². The quantitative estimate of drug-likeness (QED) is 0.776. The van der Waals surface area contributed by atoms with Gasteiger partial charge >= 0.3 is 12.0 Å². The molecule has 2 rings (SSSR count). The van der Waals surface area contributed by atoms with Crippen LogP contribution in [0.4, 0.5) is 9.80 Å². The molecule has 1 saturated heterocycles. The van der Waals surface area contributed by atoms with Crippen molar-refractivity contribution >= 4 is 40.2 Å². The van der Waals surface area contributed by atoms with Gasteiger partial charge in [0.15, 0.2) is 0 Å². The predicted octanol–water partition coefficient (Wildman–Crippen LogP) is 0.279. The SMILES string of the molecule is CN1CC(=O)N(CC(=O)Nc2sccc2C(=O)O)C1=O. The van der Waals surface area contributed by atoms with E-state index in [0.29, 0.717) is 0 Å². The largest absolute Gasteiger partial charge is 0.478 e. The molecule has 0 atom stereocenters. The summed E-state index contributed by atoms with van der Waals surface area (Å²) in [5.74, 6) is -2.24. The molecular weight excluding hydrogens is 286 g/mol. The van der Waals surface area contributed by atoms with Crippen LogP contribution in [0.25, 0.3) is 0 Å². The van der Waals surface area contributed by atoms with E-state index < -0.39 is 30.4 Å². The third-order valence-corrected chi connectivity index (χ3v) is 3.51. The molecule has 1 aliphatic heterocycles. The zero-order valence-corrected chi connectivity index (χ0v) is 11.3. The number of urea groups is 1. The Labute approximate surface area is 117 Å². The number of anilines is 1. The lowest BCUT2D eigenvalue weighted by atomic mass is 10.3. The number of rotatable bonds is 4. The first-order valence-corrected chi connectivity index (χ1v) is 6.44. The van der Waals surface area contributed by atoms with Crippen molar-refractivity contribution in [3.05, 3.63) is 17.0 Å². The molecule has 1 aliphatic rings. The van der Waals surface area contributed by atoms with E-state index in [1.165, 1.54) is 23.4 Å². The standard InChI is InChI=1S/C11H11N3O5S/c1-13-5-8(16)14(11(13)19)4-7(15)12-9-6(10(17)18)2-3-20-9/h2-3H,4-5H2,1H3,(H,12,15)(H,17,18). The number of carboxylic acid groups (broad SMARTS) is 1. The van der Waals surface area contributed by atoms with Crippen molar-refractivity contribution in [2.24, 2.45) is 0 Å². The van der Waals surface area contributed by atoms with Gasteiger partial charge in [-0.1, -0.05) is 0 Å². The number of carboxylic acids is 1. The summed E-state index contributed by atoms with van der Waals surface area (Å²) in [5.41, 5.74) is -0.0282. The average molecular weight is 297 g/mol. The predicted molar refractivity (Wildman–Crippen MR) is 69.6 cm³/mol. The molecule has 1 aromatic rings. The summed E-state index contributed by atoms with van der Waals surface area (Å²) in [6, 6.07) is 0.817. The summed E-state index contributed by atoms with van der Waals surface area (Å²) in [4.78, 5) is 47.8. The van der Waals surface area contributed by atoms with Gasteiger partial charge in [-0.3, -0.25) is 14.5 Å². The summed E-state index contributed by atoms with van der Waals surface area (Å²) in [5, 5.41) is 13.0. The Balaban J connectivity index is 2.03. The fourth-order valence-electron chi connectivity index (χ4n) is 1.71. The van der Waals surface area contributed by atoms with Gasteiger partial charge in [-0.25, -0.2) is 9.59 Å². The summed E-state index contributed by atoms with van der Waals surface area (Å²) in [6.07, 6.45) is 0. The van der Waals surface area contributed by atoms with Crippen LogP contribution in [0.15, 0.2) is 11.4 Å². The summed E-state index contributed by atoms with van der Waals surface area (Å²) in [7, 11) is 1.46. The zero-order valence-electron chi connectivity index (χ0n) is 10.5. The van der Waals surface area contributed by atoms with Crippen LogP contribution >= 0.6 is 11.3 Å². The zero-order chi connectivity index (χ0) is 14.9. The Kier molecular flexibility index (Phi) is 3.70. The van der Waals surface area contributed by atoms with Crippen LogP contribution < -0.4 is 5.32 Å². The number of likely N-dealkylation sites (N-methyl/N-ethyl adjacent to an activating group) is 1. The number of carbonyl (C=O) groups excluding carboxylic acids is 3. The summed E-state index contributed by atoms with van der Waals surface area (Å²) >= 11 is 1.05. The number of amides is 4. The molecule has 0 aromatic carbocycles. The maximum Gasteiger partial charge on any atom is 0.338 e. The molecule has 2 N–H and O–H groups in total. The van der Waals surface area contributed by atoms with Crippen LogP contribution in [0.2, 0.25) is 0 Å². The summed E-state index contributed by atoms with van der Waals surface area (Å²) < 4.78 is 0. The molecule has 9 heteroatoms. The van der Waals surface area contributed by atoms with E-state index in [-0.39, 0.29) is 17.1 Å². The first-order chi connectivity index (χ1) is 9.40. The van der Waals surface area contributed by atoms with Crippen LogP contribution in [-0.4, -0.2) is 58.9 Å². The number of hydrogen-bond donors (Lipinski definition) is 2. The van der Waals surface area contributed by atoms with Crippen LogP contribution in [0.5, 0.6) is 0 Å². The maximum absolute atomic E-state index is 11.8. The number of nitrogens with one attached hydrogen (secondary N) is 1. The van der Waals surface area contributed by atoms with Gasteiger partial charge in [-0.2, -0.15) is 0 Å². The molecule has 1 fully saturated rings. The van der Waals surface area contributed by atoms with Crippen LogP contribution in [-0.2, 0) is 9.59 Å². The molecule has 0 radical (unpaired) electrons. The summed E-state index contributed by atoms with van der Waals surface area (Å²) in [6.45, 7) is -0.496. The molecule has 0 unspecified atom stereocenters. The molecule has 106 valence electrons. The van der Waals surface area contributed by atoms with Gasteiger partial charge in [0.1, 0.15) is 18.1 Å². The van der Waals surface area contributed by atoms with Gasteiger partial charge in [0.05, 0.1) is 5.56 Å². The maximum atomic E-state index is 11.8. The lowest BCUT2D eigenvalue weighted by molar-refractivity contribution is -0.129. The molecule has 0 spiro atoms. The van der Waals surface area contributed by atoms with Crippen LogP contribution in [0.3, 0.4) is 0 Å². The Morgan fingerprint density at radius 3 is 2.70 bits per heavy atom. The lowest BCUT2D eigenvalue weighted by Gasteiger charge is -2.13.